The summed E-state index contributed by atoms with van der Waals surface area (Å²) >= 11 is 0. The third-order valence-electron chi connectivity index (χ3n) is 3.04. The van der Waals surface area contributed by atoms with Crippen LogP contribution in [-0.4, -0.2) is 56.7 Å². The smallest absolute Gasteiger partial charge is 0.119 e. The van der Waals surface area contributed by atoms with E-state index in [9.17, 15) is 0 Å². The summed E-state index contributed by atoms with van der Waals surface area (Å²) in [7, 11) is 4.22. The standard InChI is InChI=1S/C16H29N3O/c1-14(2)13-19(10-9-18(3)4)11-12-20-16-7-5-15(17)6-8-16/h5-8,14H,9-13,17H2,1-4H3. The topological polar surface area (TPSA) is 41.7 Å². The fourth-order valence-electron chi connectivity index (χ4n) is 2.01. The number of rotatable bonds is 9. The fraction of sp³-hybridized carbons (Fsp3) is 0.625. The highest BCUT2D eigenvalue weighted by Gasteiger charge is 2.08. The van der Waals surface area contributed by atoms with Crippen LogP contribution in [0.2, 0.25) is 0 Å². The molecular formula is C16H29N3O. The van der Waals surface area contributed by atoms with Gasteiger partial charge in [0.05, 0.1) is 0 Å². The predicted molar refractivity (Wildman–Crippen MR) is 86.2 cm³/mol. The summed E-state index contributed by atoms with van der Waals surface area (Å²) in [5, 5.41) is 0. The number of anilines is 1. The van der Waals surface area contributed by atoms with E-state index in [-0.39, 0.29) is 0 Å². The van der Waals surface area contributed by atoms with E-state index in [4.69, 9.17) is 10.5 Å². The summed E-state index contributed by atoms with van der Waals surface area (Å²) < 4.78 is 5.77. The zero-order valence-electron chi connectivity index (χ0n) is 13.3. The molecule has 0 saturated carbocycles. The van der Waals surface area contributed by atoms with E-state index in [0.717, 1.165) is 37.6 Å². The average molecular weight is 279 g/mol. The van der Waals surface area contributed by atoms with Crippen LogP contribution in [0.1, 0.15) is 13.8 Å². The third kappa shape index (κ3) is 7.36. The largest absolute Gasteiger partial charge is 0.492 e. The van der Waals surface area contributed by atoms with Crippen LogP contribution < -0.4 is 10.5 Å². The second-order valence-electron chi connectivity index (χ2n) is 5.92. The normalized spacial score (nSPS) is 11.6. The van der Waals surface area contributed by atoms with Gasteiger partial charge < -0.3 is 15.4 Å². The summed E-state index contributed by atoms with van der Waals surface area (Å²) in [6, 6.07) is 7.57. The van der Waals surface area contributed by atoms with Crippen molar-refractivity contribution in [1.82, 2.24) is 9.80 Å². The van der Waals surface area contributed by atoms with Crippen molar-refractivity contribution in [2.45, 2.75) is 13.8 Å². The van der Waals surface area contributed by atoms with E-state index in [1.165, 1.54) is 0 Å². The molecule has 20 heavy (non-hydrogen) atoms. The molecule has 1 aromatic rings. The zero-order valence-corrected chi connectivity index (χ0v) is 13.3. The molecule has 0 saturated heterocycles. The molecule has 114 valence electrons. The average Bonchev–Trinajstić information content (AvgIpc) is 2.37. The SMILES string of the molecule is CC(C)CN(CCOc1ccc(N)cc1)CCN(C)C. The highest BCUT2D eigenvalue weighted by molar-refractivity contribution is 5.41. The van der Waals surface area contributed by atoms with E-state index in [2.05, 4.69) is 37.7 Å². The molecule has 1 rings (SSSR count). The molecule has 0 aliphatic heterocycles. The summed E-state index contributed by atoms with van der Waals surface area (Å²) in [4.78, 5) is 4.68. The van der Waals surface area contributed by atoms with Gasteiger partial charge in [-0.15, -0.1) is 0 Å². The minimum absolute atomic E-state index is 0.675. The van der Waals surface area contributed by atoms with Crippen molar-refractivity contribution >= 4 is 5.69 Å². The number of likely N-dealkylation sites (N-methyl/N-ethyl adjacent to an activating group) is 1. The highest BCUT2D eigenvalue weighted by Crippen LogP contribution is 2.13. The van der Waals surface area contributed by atoms with Gasteiger partial charge in [0.1, 0.15) is 12.4 Å². The molecule has 0 unspecified atom stereocenters. The van der Waals surface area contributed by atoms with Crippen molar-refractivity contribution in [3.05, 3.63) is 24.3 Å². The molecular weight excluding hydrogens is 250 g/mol. The van der Waals surface area contributed by atoms with Crippen LogP contribution in [0.5, 0.6) is 5.75 Å². The van der Waals surface area contributed by atoms with Crippen molar-refractivity contribution < 1.29 is 4.74 Å². The lowest BCUT2D eigenvalue weighted by atomic mass is 10.2. The lowest BCUT2D eigenvalue weighted by Gasteiger charge is -2.25. The Balaban J connectivity index is 2.34. The van der Waals surface area contributed by atoms with Crippen LogP contribution in [0.15, 0.2) is 24.3 Å². The number of nitrogens with zero attached hydrogens (tertiary/aromatic N) is 2. The molecule has 0 aromatic heterocycles. The molecule has 0 amide bonds. The minimum Gasteiger partial charge on any atom is -0.492 e. The summed E-state index contributed by atoms with van der Waals surface area (Å²) in [6.45, 7) is 9.44. The second-order valence-corrected chi connectivity index (χ2v) is 5.92. The van der Waals surface area contributed by atoms with Gasteiger partial charge >= 0.3 is 0 Å². The molecule has 0 spiro atoms. The van der Waals surface area contributed by atoms with Crippen LogP contribution in [-0.2, 0) is 0 Å². The molecule has 4 heteroatoms. The molecule has 0 heterocycles. The van der Waals surface area contributed by atoms with Gasteiger partial charge in [0.25, 0.3) is 0 Å². The number of ether oxygens (including phenoxy) is 1. The molecule has 1 aromatic carbocycles. The first-order chi connectivity index (χ1) is 9.47. The van der Waals surface area contributed by atoms with Crippen LogP contribution >= 0.6 is 0 Å². The van der Waals surface area contributed by atoms with Crippen LogP contribution in [0.25, 0.3) is 0 Å². The first kappa shape index (κ1) is 16.8. The Morgan fingerprint density at radius 1 is 1.05 bits per heavy atom. The maximum atomic E-state index is 5.77. The number of nitrogen functional groups attached to an aromatic ring is 1. The molecule has 0 aliphatic carbocycles. The van der Waals surface area contributed by atoms with Crippen LogP contribution in [0, 0.1) is 5.92 Å². The quantitative estimate of drug-likeness (QED) is 0.703. The molecule has 0 aliphatic rings. The first-order valence-corrected chi connectivity index (χ1v) is 7.33. The van der Waals surface area contributed by atoms with Gasteiger partial charge in [-0.05, 0) is 44.3 Å². The van der Waals surface area contributed by atoms with Gasteiger partial charge in [-0.2, -0.15) is 0 Å². The monoisotopic (exact) mass is 279 g/mol. The number of hydrogen-bond donors (Lipinski definition) is 1. The van der Waals surface area contributed by atoms with Gasteiger partial charge in [-0.1, -0.05) is 13.8 Å². The molecule has 2 N–H and O–H groups in total. The van der Waals surface area contributed by atoms with Crippen LogP contribution in [0.3, 0.4) is 0 Å². The van der Waals surface area contributed by atoms with E-state index < -0.39 is 0 Å². The van der Waals surface area contributed by atoms with Gasteiger partial charge in [0.15, 0.2) is 0 Å². The van der Waals surface area contributed by atoms with Gasteiger partial charge in [0, 0.05) is 31.9 Å². The second kappa shape index (κ2) is 8.82. The van der Waals surface area contributed by atoms with Gasteiger partial charge in [-0.3, -0.25) is 4.90 Å². The lowest BCUT2D eigenvalue weighted by molar-refractivity contribution is 0.179. The van der Waals surface area contributed by atoms with E-state index >= 15 is 0 Å². The van der Waals surface area contributed by atoms with Crippen molar-refractivity contribution in [2.24, 2.45) is 5.92 Å². The number of nitrogens with two attached hydrogens (primary N) is 1. The molecule has 0 radical (unpaired) electrons. The molecule has 0 bridgehead atoms. The molecule has 4 nitrogen and oxygen atoms in total. The Hall–Kier alpha value is -1.26. The lowest BCUT2D eigenvalue weighted by Crippen LogP contribution is -2.37. The minimum atomic E-state index is 0.675. The van der Waals surface area contributed by atoms with Gasteiger partial charge in [-0.25, -0.2) is 0 Å². The summed E-state index contributed by atoms with van der Waals surface area (Å²) in [6.07, 6.45) is 0. The van der Waals surface area contributed by atoms with E-state index in [0.29, 0.717) is 12.5 Å². The summed E-state index contributed by atoms with van der Waals surface area (Å²) in [5.74, 6) is 1.56. The fourth-order valence-corrected chi connectivity index (χ4v) is 2.01. The van der Waals surface area contributed by atoms with E-state index in [1.54, 1.807) is 0 Å². The Labute approximate surface area is 123 Å². The third-order valence-corrected chi connectivity index (χ3v) is 3.04. The van der Waals surface area contributed by atoms with Gasteiger partial charge in [0.2, 0.25) is 0 Å². The van der Waals surface area contributed by atoms with Crippen molar-refractivity contribution in [3.63, 3.8) is 0 Å². The Bertz CT molecular complexity index is 362. The number of hydrogen-bond acceptors (Lipinski definition) is 4. The van der Waals surface area contributed by atoms with Crippen LogP contribution in [0.4, 0.5) is 5.69 Å². The highest BCUT2D eigenvalue weighted by atomic mass is 16.5. The van der Waals surface area contributed by atoms with E-state index in [1.807, 2.05) is 24.3 Å². The zero-order chi connectivity index (χ0) is 15.0. The maximum absolute atomic E-state index is 5.77. The maximum Gasteiger partial charge on any atom is 0.119 e. The van der Waals surface area contributed by atoms with Crippen molar-refractivity contribution in [2.75, 3.05) is 52.6 Å². The summed E-state index contributed by atoms with van der Waals surface area (Å²) in [5.41, 5.74) is 6.43. The molecule has 0 fully saturated rings. The number of benzene rings is 1. The Kier molecular flexibility index (Phi) is 7.41. The first-order valence-electron chi connectivity index (χ1n) is 7.33. The van der Waals surface area contributed by atoms with Crippen molar-refractivity contribution in [3.8, 4) is 5.75 Å². The van der Waals surface area contributed by atoms with Crippen molar-refractivity contribution in [1.29, 1.82) is 0 Å². The predicted octanol–water partition coefficient (Wildman–Crippen LogP) is 2.17. The Morgan fingerprint density at radius 3 is 2.25 bits per heavy atom. The Morgan fingerprint density at radius 2 is 1.70 bits per heavy atom. The molecule has 0 atom stereocenters.